The van der Waals surface area contributed by atoms with E-state index >= 15 is 0 Å². The maximum atomic E-state index is 5.45. The fourth-order valence-corrected chi connectivity index (χ4v) is 3.20. The standard InChI is InChI=1S/C17H25N3O2/c1-19-12-13(4-7-20-8-5-18-6-9-20)14-10-16(21-2)17(22-3)11-15(14)19/h10-12,18H,4-9H2,1-3H3. The van der Waals surface area contributed by atoms with Gasteiger partial charge in [0, 0.05) is 57.4 Å². The van der Waals surface area contributed by atoms with Crippen LogP contribution in [-0.4, -0.2) is 56.4 Å². The predicted molar refractivity (Wildman–Crippen MR) is 89.0 cm³/mol. The Kier molecular flexibility index (Phi) is 4.55. The molecule has 2 heterocycles. The lowest BCUT2D eigenvalue weighted by Crippen LogP contribution is -2.44. The van der Waals surface area contributed by atoms with E-state index in [9.17, 15) is 0 Å². The molecule has 2 aromatic rings. The summed E-state index contributed by atoms with van der Waals surface area (Å²) >= 11 is 0. The van der Waals surface area contributed by atoms with Crippen LogP contribution >= 0.6 is 0 Å². The smallest absolute Gasteiger partial charge is 0.162 e. The maximum absolute atomic E-state index is 5.45. The van der Waals surface area contributed by atoms with Crippen molar-refractivity contribution in [3.8, 4) is 11.5 Å². The average Bonchev–Trinajstić information content (AvgIpc) is 2.88. The summed E-state index contributed by atoms with van der Waals surface area (Å²) in [4.78, 5) is 2.52. The molecule has 3 rings (SSSR count). The van der Waals surface area contributed by atoms with Crippen LogP contribution in [0, 0.1) is 0 Å². The molecular formula is C17H25N3O2. The number of hydrogen-bond donors (Lipinski definition) is 1. The van der Waals surface area contributed by atoms with Crippen molar-refractivity contribution in [3.63, 3.8) is 0 Å². The van der Waals surface area contributed by atoms with E-state index in [-0.39, 0.29) is 0 Å². The highest BCUT2D eigenvalue weighted by Crippen LogP contribution is 2.34. The van der Waals surface area contributed by atoms with Crippen molar-refractivity contribution in [1.82, 2.24) is 14.8 Å². The van der Waals surface area contributed by atoms with Gasteiger partial charge >= 0.3 is 0 Å². The van der Waals surface area contributed by atoms with Crippen molar-refractivity contribution in [2.75, 3.05) is 46.9 Å². The van der Waals surface area contributed by atoms with E-state index in [1.165, 1.54) is 16.5 Å². The van der Waals surface area contributed by atoms with E-state index < -0.39 is 0 Å². The van der Waals surface area contributed by atoms with Gasteiger partial charge in [-0.25, -0.2) is 0 Å². The minimum Gasteiger partial charge on any atom is -0.493 e. The molecule has 0 saturated carbocycles. The molecule has 0 atom stereocenters. The minimum absolute atomic E-state index is 0.782. The van der Waals surface area contributed by atoms with Gasteiger partial charge in [-0.15, -0.1) is 0 Å². The van der Waals surface area contributed by atoms with Gasteiger partial charge in [0.05, 0.1) is 19.7 Å². The Morgan fingerprint density at radius 3 is 2.45 bits per heavy atom. The van der Waals surface area contributed by atoms with Gasteiger partial charge in [0.25, 0.3) is 0 Å². The summed E-state index contributed by atoms with van der Waals surface area (Å²) in [6, 6.07) is 4.16. The third-order valence-electron chi connectivity index (χ3n) is 4.48. The molecule has 1 fully saturated rings. The van der Waals surface area contributed by atoms with Gasteiger partial charge in [0.1, 0.15) is 0 Å². The molecule has 0 bridgehead atoms. The summed E-state index contributed by atoms with van der Waals surface area (Å²) in [6.07, 6.45) is 3.29. The van der Waals surface area contributed by atoms with E-state index in [0.29, 0.717) is 0 Å². The van der Waals surface area contributed by atoms with E-state index in [1.807, 2.05) is 0 Å². The van der Waals surface area contributed by atoms with Gasteiger partial charge in [-0.05, 0) is 18.1 Å². The first-order chi connectivity index (χ1) is 10.7. The molecule has 1 aliphatic heterocycles. The third kappa shape index (κ3) is 2.91. The maximum Gasteiger partial charge on any atom is 0.162 e. The molecule has 0 aliphatic carbocycles. The van der Waals surface area contributed by atoms with E-state index in [0.717, 1.165) is 50.6 Å². The Bertz CT molecular complexity index is 645. The van der Waals surface area contributed by atoms with Crippen LogP contribution in [-0.2, 0) is 13.5 Å². The summed E-state index contributed by atoms with van der Waals surface area (Å²) in [5, 5.41) is 4.66. The van der Waals surface area contributed by atoms with Crippen LogP contribution in [0.1, 0.15) is 5.56 Å². The van der Waals surface area contributed by atoms with Gasteiger partial charge in [-0.1, -0.05) is 0 Å². The first-order valence-electron chi connectivity index (χ1n) is 7.86. The van der Waals surface area contributed by atoms with Crippen LogP contribution in [0.25, 0.3) is 10.9 Å². The zero-order chi connectivity index (χ0) is 15.5. The van der Waals surface area contributed by atoms with Gasteiger partial charge in [-0.2, -0.15) is 0 Å². The summed E-state index contributed by atoms with van der Waals surface area (Å²) < 4.78 is 13.0. The van der Waals surface area contributed by atoms with Crippen LogP contribution < -0.4 is 14.8 Å². The molecular weight excluding hydrogens is 278 g/mol. The number of fused-ring (bicyclic) bond motifs is 1. The van der Waals surface area contributed by atoms with Crippen LogP contribution in [0.4, 0.5) is 0 Å². The molecule has 1 aromatic heterocycles. The second-order valence-electron chi connectivity index (χ2n) is 5.83. The van der Waals surface area contributed by atoms with Crippen molar-refractivity contribution in [1.29, 1.82) is 0 Å². The number of hydrogen-bond acceptors (Lipinski definition) is 4. The van der Waals surface area contributed by atoms with Gasteiger partial charge in [0.2, 0.25) is 0 Å². The molecule has 0 radical (unpaired) electrons. The van der Waals surface area contributed by atoms with Crippen molar-refractivity contribution in [2.45, 2.75) is 6.42 Å². The Labute approximate surface area is 131 Å². The third-order valence-corrected chi connectivity index (χ3v) is 4.48. The normalized spacial score (nSPS) is 16.1. The minimum atomic E-state index is 0.782. The van der Waals surface area contributed by atoms with Crippen molar-refractivity contribution >= 4 is 10.9 Å². The topological polar surface area (TPSA) is 38.7 Å². The Hall–Kier alpha value is -1.72. The highest BCUT2D eigenvalue weighted by Gasteiger charge is 2.14. The number of methoxy groups -OCH3 is 2. The number of rotatable bonds is 5. The van der Waals surface area contributed by atoms with Crippen molar-refractivity contribution in [3.05, 3.63) is 23.9 Å². The molecule has 0 unspecified atom stereocenters. The number of piperazine rings is 1. The number of aryl methyl sites for hydroxylation is 1. The van der Waals surface area contributed by atoms with Gasteiger partial charge in [0.15, 0.2) is 11.5 Å². The predicted octanol–water partition coefficient (Wildman–Crippen LogP) is 1.64. The summed E-state index contributed by atoms with van der Waals surface area (Å²) in [5.74, 6) is 1.58. The molecule has 1 saturated heterocycles. The van der Waals surface area contributed by atoms with E-state index in [2.05, 4.69) is 40.2 Å². The lowest BCUT2D eigenvalue weighted by Gasteiger charge is -2.26. The first kappa shape index (κ1) is 15.2. The van der Waals surface area contributed by atoms with Crippen LogP contribution in [0.5, 0.6) is 11.5 Å². The fraction of sp³-hybridized carbons (Fsp3) is 0.529. The number of ether oxygens (including phenoxy) is 2. The highest BCUT2D eigenvalue weighted by molar-refractivity contribution is 5.87. The first-order valence-corrected chi connectivity index (χ1v) is 7.86. The second kappa shape index (κ2) is 6.58. The fourth-order valence-electron chi connectivity index (χ4n) is 3.20. The highest BCUT2D eigenvalue weighted by atomic mass is 16.5. The number of nitrogens with one attached hydrogen (secondary N) is 1. The molecule has 0 spiro atoms. The molecule has 1 aliphatic rings. The lowest BCUT2D eigenvalue weighted by molar-refractivity contribution is 0.244. The Balaban J connectivity index is 1.85. The SMILES string of the molecule is COc1cc2c(CCN3CCNCC3)cn(C)c2cc1OC. The van der Waals surface area contributed by atoms with E-state index in [4.69, 9.17) is 9.47 Å². The average molecular weight is 303 g/mol. The zero-order valence-electron chi connectivity index (χ0n) is 13.7. The van der Waals surface area contributed by atoms with Crippen molar-refractivity contribution in [2.24, 2.45) is 7.05 Å². The second-order valence-corrected chi connectivity index (χ2v) is 5.83. The quantitative estimate of drug-likeness (QED) is 0.911. The number of benzene rings is 1. The zero-order valence-corrected chi connectivity index (χ0v) is 13.7. The Morgan fingerprint density at radius 1 is 1.09 bits per heavy atom. The molecule has 0 amide bonds. The van der Waals surface area contributed by atoms with Gasteiger partial charge < -0.3 is 24.3 Å². The summed E-state index contributed by atoms with van der Waals surface area (Å²) in [5.41, 5.74) is 2.56. The van der Waals surface area contributed by atoms with E-state index in [1.54, 1.807) is 14.2 Å². The number of nitrogens with zero attached hydrogens (tertiary/aromatic N) is 2. The Morgan fingerprint density at radius 2 is 1.77 bits per heavy atom. The molecule has 1 N–H and O–H groups in total. The van der Waals surface area contributed by atoms with Crippen LogP contribution in [0.2, 0.25) is 0 Å². The molecule has 5 heteroatoms. The molecule has 120 valence electrons. The largest absolute Gasteiger partial charge is 0.493 e. The summed E-state index contributed by atoms with van der Waals surface area (Å²) in [6.45, 7) is 5.58. The monoisotopic (exact) mass is 303 g/mol. The van der Waals surface area contributed by atoms with Gasteiger partial charge in [-0.3, -0.25) is 0 Å². The molecule has 5 nitrogen and oxygen atoms in total. The van der Waals surface area contributed by atoms with Crippen LogP contribution in [0.15, 0.2) is 18.3 Å². The van der Waals surface area contributed by atoms with Crippen LogP contribution in [0.3, 0.4) is 0 Å². The summed E-state index contributed by atoms with van der Waals surface area (Å²) in [7, 11) is 5.45. The van der Waals surface area contributed by atoms with Crippen molar-refractivity contribution < 1.29 is 9.47 Å². The molecule has 1 aromatic carbocycles. The molecule has 22 heavy (non-hydrogen) atoms. The lowest BCUT2D eigenvalue weighted by atomic mass is 10.1. The number of aromatic nitrogens is 1.